The second kappa shape index (κ2) is 3.57. The van der Waals surface area contributed by atoms with Crippen molar-refractivity contribution in [2.45, 2.75) is 31.6 Å². The molecule has 0 aliphatic heterocycles. The van der Waals surface area contributed by atoms with Gasteiger partial charge in [-0.2, -0.15) is 0 Å². The predicted octanol–water partition coefficient (Wildman–Crippen LogP) is 2.28. The monoisotopic (exact) mass is 316 g/mol. The standard InChI is InChI=1S/C11H13IN2O/c12-9-5-13-10(14-11(9)15)8-4-6-1-2-7(8)3-6/h5-8H,1-4H2,(H,13,14,15). The van der Waals surface area contributed by atoms with E-state index in [-0.39, 0.29) is 5.56 Å². The Balaban J connectivity index is 1.93. The zero-order valence-corrected chi connectivity index (χ0v) is 10.5. The van der Waals surface area contributed by atoms with Crippen molar-refractivity contribution in [2.24, 2.45) is 11.8 Å². The lowest BCUT2D eigenvalue weighted by molar-refractivity contribution is 0.404. The minimum absolute atomic E-state index is 0.0170. The highest BCUT2D eigenvalue weighted by molar-refractivity contribution is 14.1. The molecular formula is C11H13IN2O. The van der Waals surface area contributed by atoms with E-state index in [4.69, 9.17) is 0 Å². The lowest BCUT2D eigenvalue weighted by Crippen LogP contribution is -2.19. The van der Waals surface area contributed by atoms with Crippen LogP contribution in [0, 0.1) is 15.4 Å². The molecular weight excluding hydrogens is 303 g/mol. The summed E-state index contributed by atoms with van der Waals surface area (Å²) in [4.78, 5) is 18.8. The van der Waals surface area contributed by atoms with E-state index in [9.17, 15) is 4.79 Å². The molecule has 2 bridgehead atoms. The molecule has 2 saturated carbocycles. The molecule has 15 heavy (non-hydrogen) atoms. The first kappa shape index (κ1) is 9.81. The quantitative estimate of drug-likeness (QED) is 0.808. The molecule has 0 aromatic carbocycles. The van der Waals surface area contributed by atoms with E-state index in [1.807, 2.05) is 22.6 Å². The summed E-state index contributed by atoms with van der Waals surface area (Å²) >= 11 is 2.02. The third kappa shape index (κ3) is 1.62. The van der Waals surface area contributed by atoms with Gasteiger partial charge in [0.2, 0.25) is 0 Å². The molecule has 0 amide bonds. The van der Waals surface area contributed by atoms with Gasteiger partial charge in [-0.1, -0.05) is 6.42 Å². The summed E-state index contributed by atoms with van der Waals surface area (Å²) in [5.74, 6) is 3.11. The van der Waals surface area contributed by atoms with Crippen LogP contribution < -0.4 is 5.56 Å². The van der Waals surface area contributed by atoms with Crippen LogP contribution in [0.3, 0.4) is 0 Å². The average Bonchev–Trinajstić information content (AvgIpc) is 2.83. The highest BCUT2D eigenvalue weighted by atomic mass is 127. The highest BCUT2D eigenvalue weighted by Gasteiger charge is 2.41. The second-order valence-corrected chi connectivity index (χ2v) is 5.89. The first-order valence-electron chi connectivity index (χ1n) is 5.49. The number of rotatable bonds is 1. The molecule has 3 unspecified atom stereocenters. The van der Waals surface area contributed by atoms with Crippen LogP contribution in [-0.2, 0) is 0 Å². The molecule has 1 N–H and O–H groups in total. The molecule has 1 heterocycles. The van der Waals surface area contributed by atoms with Crippen LogP contribution in [0.1, 0.15) is 37.4 Å². The Labute approximate surface area is 102 Å². The van der Waals surface area contributed by atoms with Crippen molar-refractivity contribution in [3.63, 3.8) is 0 Å². The van der Waals surface area contributed by atoms with Gasteiger partial charge < -0.3 is 4.98 Å². The van der Waals surface area contributed by atoms with E-state index >= 15 is 0 Å². The van der Waals surface area contributed by atoms with Crippen LogP contribution in [0.25, 0.3) is 0 Å². The maximum Gasteiger partial charge on any atom is 0.264 e. The first-order valence-corrected chi connectivity index (χ1v) is 6.56. The molecule has 0 radical (unpaired) electrons. The van der Waals surface area contributed by atoms with Gasteiger partial charge in [0.15, 0.2) is 0 Å². The number of fused-ring (bicyclic) bond motifs is 2. The van der Waals surface area contributed by atoms with Crippen molar-refractivity contribution in [2.75, 3.05) is 0 Å². The Morgan fingerprint density at radius 2 is 2.27 bits per heavy atom. The summed E-state index contributed by atoms with van der Waals surface area (Å²) in [7, 11) is 0. The fourth-order valence-corrected chi connectivity index (χ4v) is 3.44. The number of aromatic amines is 1. The van der Waals surface area contributed by atoms with E-state index in [1.165, 1.54) is 25.7 Å². The largest absolute Gasteiger partial charge is 0.309 e. The molecule has 80 valence electrons. The summed E-state index contributed by atoms with van der Waals surface area (Å²) in [6.45, 7) is 0. The number of hydrogen-bond acceptors (Lipinski definition) is 2. The normalized spacial score (nSPS) is 33.5. The smallest absolute Gasteiger partial charge is 0.264 e. The van der Waals surface area contributed by atoms with Crippen LogP contribution in [-0.4, -0.2) is 9.97 Å². The Kier molecular flexibility index (Phi) is 2.34. The molecule has 2 aliphatic carbocycles. The second-order valence-electron chi connectivity index (χ2n) is 4.73. The van der Waals surface area contributed by atoms with Crippen molar-refractivity contribution in [1.29, 1.82) is 0 Å². The topological polar surface area (TPSA) is 45.8 Å². The maximum atomic E-state index is 11.5. The molecule has 3 rings (SSSR count). The Hall–Kier alpha value is -0.390. The zero-order chi connectivity index (χ0) is 10.4. The number of nitrogens with one attached hydrogen (secondary N) is 1. The highest BCUT2D eigenvalue weighted by Crippen LogP contribution is 2.51. The van der Waals surface area contributed by atoms with Gasteiger partial charge in [-0.05, 0) is 53.7 Å². The molecule has 1 aromatic heterocycles. The average molecular weight is 316 g/mol. The van der Waals surface area contributed by atoms with Gasteiger partial charge in [0, 0.05) is 12.1 Å². The summed E-state index contributed by atoms with van der Waals surface area (Å²) in [5, 5.41) is 0. The summed E-state index contributed by atoms with van der Waals surface area (Å²) in [6.07, 6.45) is 6.98. The Morgan fingerprint density at radius 1 is 1.40 bits per heavy atom. The minimum atomic E-state index is 0.0170. The zero-order valence-electron chi connectivity index (χ0n) is 8.37. The van der Waals surface area contributed by atoms with Gasteiger partial charge in [0.05, 0.1) is 3.57 Å². The summed E-state index contributed by atoms with van der Waals surface area (Å²) in [6, 6.07) is 0. The van der Waals surface area contributed by atoms with E-state index in [0.717, 1.165) is 17.7 Å². The summed E-state index contributed by atoms with van der Waals surface area (Å²) < 4.78 is 0.680. The van der Waals surface area contributed by atoms with Crippen molar-refractivity contribution in [1.82, 2.24) is 9.97 Å². The summed E-state index contributed by atoms with van der Waals surface area (Å²) in [5.41, 5.74) is 0.0170. The van der Waals surface area contributed by atoms with Crippen molar-refractivity contribution in [3.05, 3.63) is 25.9 Å². The molecule has 4 heteroatoms. The van der Waals surface area contributed by atoms with Gasteiger partial charge in [-0.3, -0.25) is 4.79 Å². The van der Waals surface area contributed by atoms with Crippen LogP contribution in [0.15, 0.2) is 11.0 Å². The lowest BCUT2D eigenvalue weighted by Gasteiger charge is -2.20. The van der Waals surface area contributed by atoms with Gasteiger partial charge in [-0.15, -0.1) is 0 Å². The third-order valence-electron chi connectivity index (χ3n) is 3.86. The number of aromatic nitrogens is 2. The molecule has 0 saturated heterocycles. The molecule has 2 fully saturated rings. The third-order valence-corrected chi connectivity index (χ3v) is 4.63. The van der Waals surface area contributed by atoms with Gasteiger partial charge in [0.25, 0.3) is 5.56 Å². The van der Waals surface area contributed by atoms with Crippen LogP contribution >= 0.6 is 22.6 Å². The van der Waals surface area contributed by atoms with Crippen LogP contribution in [0.2, 0.25) is 0 Å². The van der Waals surface area contributed by atoms with E-state index in [2.05, 4.69) is 9.97 Å². The van der Waals surface area contributed by atoms with Crippen molar-refractivity contribution in [3.8, 4) is 0 Å². The Bertz CT molecular complexity index is 442. The van der Waals surface area contributed by atoms with Crippen molar-refractivity contribution >= 4 is 22.6 Å². The first-order chi connectivity index (χ1) is 7.24. The van der Waals surface area contributed by atoms with Crippen molar-refractivity contribution < 1.29 is 0 Å². The van der Waals surface area contributed by atoms with Gasteiger partial charge >= 0.3 is 0 Å². The molecule has 2 aliphatic rings. The van der Waals surface area contributed by atoms with E-state index in [0.29, 0.717) is 9.49 Å². The number of H-pyrrole nitrogens is 1. The molecule has 3 atom stereocenters. The fraction of sp³-hybridized carbons (Fsp3) is 0.636. The Morgan fingerprint density at radius 3 is 2.87 bits per heavy atom. The molecule has 1 aromatic rings. The number of hydrogen-bond donors (Lipinski definition) is 1. The van der Waals surface area contributed by atoms with Crippen LogP contribution in [0.5, 0.6) is 0 Å². The lowest BCUT2D eigenvalue weighted by atomic mass is 9.88. The van der Waals surface area contributed by atoms with E-state index < -0.39 is 0 Å². The minimum Gasteiger partial charge on any atom is -0.309 e. The molecule has 0 spiro atoms. The van der Waals surface area contributed by atoms with Gasteiger partial charge in [0.1, 0.15) is 5.82 Å². The maximum absolute atomic E-state index is 11.5. The van der Waals surface area contributed by atoms with Crippen LogP contribution in [0.4, 0.5) is 0 Å². The SMILES string of the molecule is O=c1[nH]c(C2CC3CCC2C3)ncc1I. The number of halogens is 1. The van der Waals surface area contributed by atoms with Gasteiger partial charge in [-0.25, -0.2) is 4.98 Å². The fourth-order valence-electron chi connectivity index (χ4n) is 3.16. The predicted molar refractivity (Wildman–Crippen MR) is 65.8 cm³/mol. The van der Waals surface area contributed by atoms with E-state index in [1.54, 1.807) is 6.20 Å². The number of nitrogens with zero attached hydrogens (tertiary/aromatic N) is 1. The molecule has 3 nitrogen and oxygen atoms in total.